The summed E-state index contributed by atoms with van der Waals surface area (Å²) >= 11 is 0. The number of hydrogen-bond donors (Lipinski definition) is 1. The van der Waals surface area contributed by atoms with Crippen LogP contribution in [-0.4, -0.2) is 25.2 Å². The minimum absolute atomic E-state index is 0.206. The second-order valence-corrected chi connectivity index (χ2v) is 4.29. The standard InChI is InChI=1S/C12H23NO2/c1-3-5-10(4-2)12(14)13-11-6-8-15-9-7-11/h10-11H,3-9H2,1-2H3,(H,13,14). The molecule has 3 heteroatoms. The zero-order valence-electron chi connectivity index (χ0n) is 9.92. The average Bonchev–Trinajstić information content (AvgIpc) is 2.27. The van der Waals surface area contributed by atoms with Gasteiger partial charge < -0.3 is 10.1 Å². The molecular formula is C12H23NO2. The van der Waals surface area contributed by atoms with E-state index in [0.717, 1.165) is 45.3 Å². The summed E-state index contributed by atoms with van der Waals surface area (Å²) in [5, 5.41) is 3.14. The van der Waals surface area contributed by atoms with Gasteiger partial charge in [0.05, 0.1) is 0 Å². The van der Waals surface area contributed by atoms with Crippen LogP contribution in [0, 0.1) is 5.92 Å². The van der Waals surface area contributed by atoms with Crippen LogP contribution in [-0.2, 0) is 9.53 Å². The lowest BCUT2D eigenvalue weighted by Crippen LogP contribution is -2.41. The largest absolute Gasteiger partial charge is 0.381 e. The zero-order valence-corrected chi connectivity index (χ0v) is 9.92. The minimum Gasteiger partial charge on any atom is -0.381 e. The molecule has 0 aromatic carbocycles. The van der Waals surface area contributed by atoms with Gasteiger partial charge in [0.25, 0.3) is 0 Å². The molecular weight excluding hydrogens is 190 g/mol. The Morgan fingerprint density at radius 1 is 1.40 bits per heavy atom. The summed E-state index contributed by atoms with van der Waals surface area (Å²) in [7, 11) is 0. The first kappa shape index (κ1) is 12.5. The van der Waals surface area contributed by atoms with Crippen molar-refractivity contribution >= 4 is 5.91 Å². The van der Waals surface area contributed by atoms with E-state index in [1.165, 1.54) is 0 Å². The highest BCUT2D eigenvalue weighted by Crippen LogP contribution is 2.13. The van der Waals surface area contributed by atoms with Gasteiger partial charge in [-0.2, -0.15) is 0 Å². The molecule has 1 aliphatic rings. The van der Waals surface area contributed by atoms with E-state index in [0.29, 0.717) is 6.04 Å². The first-order valence-corrected chi connectivity index (χ1v) is 6.16. The van der Waals surface area contributed by atoms with Crippen molar-refractivity contribution in [1.82, 2.24) is 5.32 Å². The number of amides is 1. The van der Waals surface area contributed by atoms with Gasteiger partial charge in [0.2, 0.25) is 5.91 Å². The Hall–Kier alpha value is -0.570. The van der Waals surface area contributed by atoms with Crippen molar-refractivity contribution in [3.63, 3.8) is 0 Å². The SMILES string of the molecule is CCCC(CC)C(=O)NC1CCOCC1. The van der Waals surface area contributed by atoms with Gasteiger partial charge in [-0.3, -0.25) is 4.79 Å². The molecule has 1 fully saturated rings. The fourth-order valence-corrected chi connectivity index (χ4v) is 2.03. The first-order valence-electron chi connectivity index (χ1n) is 6.16. The number of nitrogens with one attached hydrogen (secondary N) is 1. The zero-order chi connectivity index (χ0) is 11.1. The van der Waals surface area contributed by atoms with Gasteiger partial charge in [-0.1, -0.05) is 20.3 Å². The maximum absolute atomic E-state index is 11.9. The molecule has 0 aliphatic carbocycles. The smallest absolute Gasteiger partial charge is 0.223 e. The summed E-state index contributed by atoms with van der Waals surface area (Å²) < 4.78 is 5.26. The Labute approximate surface area is 92.6 Å². The Morgan fingerprint density at radius 2 is 2.07 bits per heavy atom. The fourth-order valence-electron chi connectivity index (χ4n) is 2.03. The van der Waals surface area contributed by atoms with Crippen LogP contribution >= 0.6 is 0 Å². The van der Waals surface area contributed by atoms with Crippen LogP contribution in [0.1, 0.15) is 46.0 Å². The highest BCUT2D eigenvalue weighted by atomic mass is 16.5. The normalized spacial score (nSPS) is 19.9. The number of rotatable bonds is 5. The molecule has 1 unspecified atom stereocenters. The summed E-state index contributed by atoms with van der Waals surface area (Å²) in [6.45, 7) is 5.79. The van der Waals surface area contributed by atoms with Gasteiger partial charge in [-0.15, -0.1) is 0 Å². The van der Waals surface area contributed by atoms with Crippen LogP contribution in [0.5, 0.6) is 0 Å². The van der Waals surface area contributed by atoms with E-state index in [1.54, 1.807) is 0 Å². The molecule has 1 amide bonds. The molecule has 15 heavy (non-hydrogen) atoms. The topological polar surface area (TPSA) is 38.3 Å². The van der Waals surface area contributed by atoms with E-state index in [4.69, 9.17) is 4.74 Å². The van der Waals surface area contributed by atoms with Gasteiger partial charge >= 0.3 is 0 Å². The van der Waals surface area contributed by atoms with Crippen molar-refractivity contribution < 1.29 is 9.53 Å². The number of carbonyl (C=O) groups excluding carboxylic acids is 1. The molecule has 1 heterocycles. The van der Waals surface area contributed by atoms with Crippen molar-refractivity contribution in [1.29, 1.82) is 0 Å². The van der Waals surface area contributed by atoms with E-state index in [-0.39, 0.29) is 11.8 Å². The Bertz CT molecular complexity index is 188. The number of hydrogen-bond acceptors (Lipinski definition) is 2. The van der Waals surface area contributed by atoms with E-state index < -0.39 is 0 Å². The summed E-state index contributed by atoms with van der Waals surface area (Å²) in [4.78, 5) is 11.9. The predicted molar refractivity (Wildman–Crippen MR) is 60.7 cm³/mol. The molecule has 0 aromatic rings. The van der Waals surface area contributed by atoms with Gasteiger partial charge in [-0.25, -0.2) is 0 Å². The van der Waals surface area contributed by atoms with Gasteiger partial charge in [0, 0.05) is 25.2 Å². The van der Waals surface area contributed by atoms with Crippen molar-refractivity contribution in [2.24, 2.45) is 5.92 Å². The molecule has 88 valence electrons. The third-order valence-corrected chi connectivity index (χ3v) is 3.07. The Morgan fingerprint density at radius 3 is 2.60 bits per heavy atom. The van der Waals surface area contributed by atoms with Crippen LogP contribution < -0.4 is 5.32 Å². The van der Waals surface area contributed by atoms with E-state index in [2.05, 4.69) is 19.2 Å². The van der Waals surface area contributed by atoms with Gasteiger partial charge in [0.15, 0.2) is 0 Å². The summed E-state index contributed by atoms with van der Waals surface area (Å²) in [5.41, 5.74) is 0. The lowest BCUT2D eigenvalue weighted by atomic mass is 9.98. The van der Waals surface area contributed by atoms with E-state index in [9.17, 15) is 4.79 Å². The van der Waals surface area contributed by atoms with Gasteiger partial charge in [0.1, 0.15) is 0 Å². The van der Waals surface area contributed by atoms with Crippen LogP contribution in [0.25, 0.3) is 0 Å². The maximum Gasteiger partial charge on any atom is 0.223 e. The summed E-state index contributed by atoms with van der Waals surface area (Å²) in [6, 6.07) is 0.345. The van der Waals surface area contributed by atoms with Crippen molar-refractivity contribution in [2.75, 3.05) is 13.2 Å². The average molecular weight is 213 g/mol. The first-order chi connectivity index (χ1) is 7.27. The van der Waals surface area contributed by atoms with Gasteiger partial charge in [-0.05, 0) is 25.7 Å². The fraction of sp³-hybridized carbons (Fsp3) is 0.917. The maximum atomic E-state index is 11.9. The lowest BCUT2D eigenvalue weighted by molar-refractivity contribution is -0.126. The van der Waals surface area contributed by atoms with Crippen LogP contribution in [0.15, 0.2) is 0 Å². The lowest BCUT2D eigenvalue weighted by Gasteiger charge is -2.25. The third-order valence-electron chi connectivity index (χ3n) is 3.07. The van der Waals surface area contributed by atoms with Crippen LogP contribution in [0.3, 0.4) is 0 Å². The second kappa shape index (κ2) is 6.83. The van der Waals surface area contributed by atoms with Crippen molar-refractivity contribution in [3.05, 3.63) is 0 Å². The van der Waals surface area contributed by atoms with E-state index >= 15 is 0 Å². The molecule has 1 atom stereocenters. The minimum atomic E-state index is 0.206. The quantitative estimate of drug-likeness (QED) is 0.759. The molecule has 3 nitrogen and oxygen atoms in total. The second-order valence-electron chi connectivity index (χ2n) is 4.29. The van der Waals surface area contributed by atoms with Crippen LogP contribution in [0.4, 0.5) is 0 Å². The third kappa shape index (κ3) is 4.20. The summed E-state index contributed by atoms with van der Waals surface area (Å²) in [5.74, 6) is 0.448. The predicted octanol–water partition coefficient (Wildman–Crippen LogP) is 2.11. The van der Waals surface area contributed by atoms with Crippen molar-refractivity contribution in [2.45, 2.75) is 52.0 Å². The molecule has 0 bridgehead atoms. The monoisotopic (exact) mass is 213 g/mol. The molecule has 0 aromatic heterocycles. The molecule has 1 N–H and O–H groups in total. The molecule has 0 radical (unpaired) electrons. The Balaban J connectivity index is 2.31. The highest BCUT2D eigenvalue weighted by Gasteiger charge is 2.20. The van der Waals surface area contributed by atoms with E-state index in [1.807, 2.05) is 0 Å². The summed E-state index contributed by atoms with van der Waals surface area (Å²) in [6.07, 6.45) is 4.97. The van der Waals surface area contributed by atoms with Crippen LogP contribution in [0.2, 0.25) is 0 Å². The molecule has 0 saturated carbocycles. The molecule has 1 rings (SSSR count). The Kier molecular flexibility index (Phi) is 5.69. The number of carbonyl (C=O) groups is 1. The molecule has 1 saturated heterocycles. The molecule has 1 aliphatic heterocycles. The highest BCUT2D eigenvalue weighted by molar-refractivity contribution is 5.78. The molecule has 0 spiro atoms. The number of ether oxygens (including phenoxy) is 1. The van der Waals surface area contributed by atoms with Crippen molar-refractivity contribution in [3.8, 4) is 0 Å².